The van der Waals surface area contributed by atoms with Gasteiger partial charge in [0, 0.05) is 38.4 Å². The van der Waals surface area contributed by atoms with E-state index in [-0.39, 0.29) is 0 Å². The Morgan fingerprint density at radius 3 is 1.69 bits per heavy atom. The molecule has 0 bridgehead atoms. The predicted octanol–water partition coefficient (Wildman–Crippen LogP) is 11.4. The van der Waals surface area contributed by atoms with Crippen molar-refractivity contribution in [1.29, 1.82) is 0 Å². The van der Waals surface area contributed by atoms with E-state index in [9.17, 15) is 0 Å². The number of hydrogen-bond acceptors (Lipinski definition) is 3. The summed E-state index contributed by atoms with van der Waals surface area (Å²) < 4.78 is 6.73. The molecule has 0 radical (unpaired) electrons. The quantitative estimate of drug-likeness (QED) is 0.210. The third-order valence-corrected chi connectivity index (χ3v) is 8.66. The van der Waals surface area contributed by atoms with E-state index in [1.165, 1.54) is 5.39 Å². The summed E-state index contributed by atoms with van der Waals surface area (Å²) in [6.45, 7) is 0. The fourth-order valence-electron chi connectivity index (χ4n) is 6.65. The van der Waals surface area contributed by atoms with Crippen molar-refractivity contribution in [3.05, 3.63) is 158 Å². The monoisotopic (exact) mass is 574 g/mol. The molecule has 0 fully saturated rings. The minimum atomic E-state index is 0.718. The molecule has 2 aromatic heterocycles. The lowest BCUT2D eigenvalue weighted by Crippen LogP contribution is -1.96. The molecule has 0 saturated carbocycles. The van der Waals surface area contributed by atoms with Gasteiger partial charge in [0.2, 0.25) is 0 Å². The first-order chi connectivity index (χ1) is 22.3. The van der Waals surface area contributed by atoms with Crippen molar-refractivity contribution in [3.63, 3.8) is 0 Å². The Hall–Kier alpha value is -6.06. The summed E-state index contributed by atoms with van der Waals surface area (Å²) in [6, 6.07) is 54.8. The van der Waals surface area contributed by atoms with Crippen LogP contribution in [-0.4, -0.2) is 9.97 Å². The van der Waals surface area contributed by atoms with Gasteiger partial charge in [-0.1, -0.05) is 140 Å². The lowest BCUT2D eigenvalue weighted by atomic mass is 9.87. The summed E-state index contributed by atoms with van der Waals surface area (Å²) in [5, 5.41) is 5.56. The SMILES string of the molecule is c1ccc(-c2nc(-c3ccccc3)c3cc(-c4c5ccccc5c(-c5ccccc5)c5oc6ccccc6c45)ccc3n2)cc1. The number of fused-ring (bicyclic) bond motifs is 5. The van der Waals surface area contributed by atoms with Gasteiger partial charge in [0.1, 0.15) is 11.2 Å². The number of benzene rings is 7. The summed E-state index contributed by atoms with van der Waals surface area (Å²) >= 11 is 0. The standard InChI is InChI=1S/C42H26N2O/c1-4-14-27(15-5-1)38-32-21-11-10-20-31(32)37(39-33-22-12-13-23-36(33)45-41(38)39)30-24-25-35-34(26-30)40(28-16-6-2-7-17-28)44-42(43-35)29-18-8-3-9-19-29/h1-26H. The van der Waals surface area contributed by atoms with Crippen molar-refractivity contribution in [2.24, 2.45) is 0 Å². The third-order valence-electron chi connectivity index (χ3n) is 8.66. The van der Waals surface area contributed by atoms with Gasteiger partial charge in [-0.2, -0.15) is 0 Å². The number of para-hydroxylation sites is 1. The summed E-state index contributed by atoms with van der Waals surface area (Å²) in [7, 11) is 0. The van der Waals surface area contributed by atoms with Crippen LogP contribution in [-0.2, 0) is 0 Å². The molecule has 0 saturated heterocycles. The van der Waals surface area contributed by atoms with Crippen LogP contribution in [0.4, 0.5) is 0 Å². The molecular weight excluding hydrogens is 548 g/mol. The van der Waals surface area contributed by atoms with Gasteiger partial charge in [0.25, 0.3) is 0 Å². The molecule has 0 spiro atoms. The fraction of sp³-hybridized carbons (Fsp3) is 0. The number of hydrogen-bond donors (Lipinski definition) is 0. The van der Waals surface area contributed by atoms with Crippen LogP contribution < -0.4 is 0 Å². The van der Waals surface area contributed by atoms with Crippen molar-refractivity contribution in [2.75, 3.05) is 0 Å². The van der Waals surface area contributed by atoms with Crippen LogP contribution in [0.2, 0.25) is 0 Å². The van der Waals surface area contributed by atoms with E-state index in [4.69, 9.17) is 14.4 Å². The van der Waals surface area contributed by atoms with Crippen LogP contribution in [0.5, 0.6) is 0 Å². The Morgan fingerprint density at radius 2 is 0.978 bits per heavy atom. The van der Waals surface area contributed by atoms with Crippen molar-refractivity contribution in [2.45, 2.75) is 0 Å². The van der Waals surface area contributed by atoms with E-state index in [1.807, 2.05) is 30.3 Å². The molecule has 0 unspecified atom stereocenters. The molecular formula is C42H26N2O. The number of furan rings is 1. The minimum absolute atomic E-state index is 0.718. The van der Waals surface area contributed by atoms with E-state index in [2.05, 4.69) is 127 Å². The minimum Gasteiger partial charge on any atom is -0.455 e. The van der Waals surface area contributed by atoms with Crippen LogP contribution in [0.15, 0.2) is 162 Å². The highest BCUT2D eigenvalue weighted by Crippen LogP contribution is 2.48. The van der Waals surface area contributed by atoms with Crippen LogP contribution in [0.3, 0.4) is 0 Å². The van der Waals surface area contributed by atoms with Crippen molar-refractivity contribution >= 4 is 43.6 Å². The molecule has 3 nitrogen and oxygen atoms in total. The molecule has 210 valence electrons. The zero-order valence-electron chi connectivity index (χ0n) is 24.3. The second kappa shape index (κ2) is 10.3. The van der Waals surface area contributed by atoms with E-state index >= 15 is 0 Å². The number of rotatable bonds is 4. The van der Waals surface area contributed by atoms with Crippen LogP contribution in [0, 0.1) is 0 Å². The van der Waals surface area contributed by atoms with Gasteiger partial charge in [-0.05, 0) is 40.1 Å². The van der Waals surface area contributed by atoms with E-state index in [1.54, 1.807) is 0 Å². The molecule has 3 heteroatoms. The third kappa shape index (κ3) is 4.13. The van der Waals surface area contributed by atoms with Crippen LogP contribution >= 0.6 is 0 Å². The first-order valence-electron chi connectivity index (χ1n) is 15.2. The summed E-state index contributed by atoms with van der Waals surface area (Å²) in [5.74, 6) is 0.718. The van der Waals surface area contributed by atoms with Gasteiger partial charge in [-0.15, -0.1) is 0 Å². The smallest absolute Gasteiger partial charge is 0.160 e. The lowest BCUT2D eigenvalue weighted by Gasteiger charge is -2.16. The highest BCUT2D eigenvalue weighted by Gasteiger charge is 2.23. The molecule has 0 N–H and O–H groups in total. The number of nitrogens with zero attached hydrogens (tertiary/aromatic N) is 2. The predicted molar refractivity (Wildman–Crippen MR) is 186 cm³/mol. The van der Waals surface area contributed by atoms with Crippen LogP contribution in [0.25, 0.3) is 88.5 Å². The lowest BCUT2D eigenvalue weighted by molar-refractivity contribution is 0.670. The molecule has 0 aliphatic heterocycles. The van der Waals surface area contributed by atoms with Crippen molar-refractivity contribution < 1.29 is 4.42 Å². The zero-order valence-corrected chi connectivity index (χ0v) is 24.3. The molecule has 0 amide bonds. The van der Waals surface area contributed by atoms with Gasteiger partial charge in [-0.25, -0.2) is 9.97 Å². The average molecular weight is 575 g/mol. The Morgan fingerprint density at radius 1 is 0.400 bits per heavy atom. The maximum Gasteiger partial charge on any atom is 0.160 e. The van der Waals surface area contributed by atoms with Crippen molar-refractivity contribution in [3.8, 4) is 44.9 Å². The molecule has 45 heavy (non-hydrogen) atoms. The molecule has 2 heterocycles. The Balaban J connectivity index is 1.40. The number of aromatic nitrogens is 2. The highest BCUT2D eigenvalue weighted by atomic mass is 16.3. The normalized spacial score (nSPS) is 11.6. The van der Waals surface area contributed by atoms with Crippen molar-refractivity contribution in [1.82, 2.24) is 9.97 Å². The van der Waals surface area contributed by atoms with Gasteiger partial charge in [0.05, 0.1) is 11.2 Å². The van der Waals surface area contributed by atoms with E-state index < -0.39 is 0 Å². The Labute approximate surface area is 260 Å². The zero-order chi connectivity index (χ0) is 29.7. The molecule has 9 aromatic rings. The van der Waals surface area contributed by atoms with Gasteiger partial charge >= 0.3 is 0 Å². The second-order valence-corrected chi connectivity index (χ2v) is 11.3. The first-order valence-corrected chi connectivity index (χ1v) is 15.2. The van der Waals surface area contributed by atoms with Crippen LogP contribution in [0.1, 0.15) is 0 Å². The Kier molecular flexibility index (Phi) is 5.82. The Bertz CT molecular complexity index is 2520. The van der Waals surface area contributed by atoms with E-state index in [0.29, 0.717) is 0 Å². The molecule has 0 atom stereocenters. The second-order valence-electron chi connectivity index (χ2n) is 11.3. The highest BCUT2D eigenvalue weighted by molar-refractivity contribution is 6.27. The molecule has 9 rings (SSSR count). The van der Waals surface area contributed by atoms with Gasteiger partial charge < -0.3 is 4.42 Å². The fourth-order valence-corrected chi connectivity index (χ4v) is 6.65. The largest absolute Gasteiger partial charge is 0.455 e. The van der Waals surface area contributed by atoms with E-state index in [0.717, 1.165) is 83.1 Å². The molecule has 7 aromatic carbocycles. The summed E-state index contributed by atoms with van der Waals surface area (Å²) in [4.78, 5) is 10.2. The maximum absolute atomic E-state index is 6.73. The maximum atomic E-state index is 6.73. The van der Waals surface area contributed by atoms with Gasteiger partial charge in [0.15, 0.2) is 5.82 Å². The summed E-state index contributed by atoms with van der Waals surface area (Å²) in [5.41, 5.74) is 10.2. The topological polar surface area (TPSA) is 38.9 Å². The molecule has 0 aliphatic carbocycles. The average Bonchev–Trinajstić information content (AvgIpc) is 3.50. The van der Waals surface area contributed by atoms with Gasteiger partial charge in [-0.3, -0.25) is 0 Å². The molecule has 0 aliphatic rings. The summed E-state index contributed by atoms with van der Waals surface area (Å²) in [6.07, 6.45) is 0. The first kappa shape index (κ1) is 25.4.